The van der Waals surface area contributed by atoms with E-state index in [9.17, 15) is 0 Å². The molecule has 0 aliphatic heterocycles. The highest BCUT2D eigenvalue weighted by molar-refractivity contribution is 6.20. The predicted molar refractivity (Wildman–Crippen MR) is 118 cm³/mol. The molecule has 0 spiro atoms. The molecule has 0 fully saturated rings. The molecular weight excluding hydrogens is 377 g/mol. The van der Waals surface area contributed by atoms with Gasteiger partial charge in [-0.3, -0.25) is 0 Å². The van der Waals surface area contributed by atoms with Crippen LogP contribution in [-0.2, 0) is 0 Å². The molecule has 4 heteroatoms. The van der Waals surface area contributed by atoms with Gasteiger partial charge in [0, 0.05) is 24.8 Å². The Hall–Kier alpha value is 0.500. The van der Waals surface area contributed by atoms with Crippen molar-refractivity contribution in [1.82, 2.24) is 0 Å². The number of hydrogen-bond acceptors (Lipinski definition) is 1. The summed E-state index contributed by atoms with van der Waals surface area (Å²) in [6.07, 6.45) is 21.5. The first-order chi connectivity index (χ1) is 12.5. The Morgan fingerprint density at radius 1 is 0.667 bits per heavy atom. The highest BCUT2D eigenvalue weighted by Crippen LogP contribution is 2.17. The van der Waals surface area contributed by atoms with Crippen LogP contribution < -0.4 is 12.4 Å². The predicted octanol–water partition coefficient (Wildman–Crippen LogP) is 3.93. The summed E-state index contributed by atoms with van der Waals surface area (Å²) in [6, 6.07) is 0. The minimum absolute atomic E-state index is 0. The summed E-state index contributed by atoms with van der Waals surface area (Å²) in [7, 11) is 4.48. The van der Waals surface area contributed by atoms with E-state index in [1.807, 2.05) is 0 Å². The second-order valence-corrected chi connectivity index (χ2v) is 9.49. The molecular formula is C23H49Cl2NO. The molecule has 166 valence electrons. The maximum atomic E-state index is 8.96. The normalized spacial score (nSPS) is 12.8. The maximum absolute atomic E-state index is 8.96. The van der Waals surface area contributed by atoms with Gasteiger partial charge in [0.05, 0.1) is 27.2 Å². The Morgan fingerprint density at radius 3 is 1.56 bits per heavy atom. The number of alkyl halides is 1. The van der Waals surface area contributed by atoms with Gasteiger partial charge >= 0.3 is 0 Å². The van der Waals surface area contributed by atoms with Crippen LogP contribution in [0.3, 0.4) is 0 Å². The molecule has 0 radical (unpaired) electrons. The van der Waals surface area contributed by atoms with E-state index in [1.54, 1.807) is 0 Å². The number of rotatable bonds is 20. The monoisotopic (exact) mass is 425 g/mol. The first kappa shape index (κ1) is 29.7. The highest BCUT2D eigenvalue weighted by atomic mass is 35.5. The van der Waals surface area contributed by atoms with Crippen molar-refractivity contribution in [2.45, 2.75) is 115 Å². The molecule has 0 aromatic carbocycles. The number of aliphatic hydroxyl groups excluding tert-OH is 1. The average molecular weight is 427 g/mol. The SMILES string of the molecule is CCCCCCCCCCCCCCCC(Cl)CC[N+](C)(C)CCCO.[Cl-]. The van der Waals surface area contributed by atoms with E-state index >= 15 is 0 Å². The van der Waals surface area contributed by atoms with Crippen molar-refractivity contribution in [3.05, 3.63) is 0 Å². The van der Waals surface area contributed by atoms with Crippen molar-refractivity contribution in [3.8, 4) is 0 Å². The van der Waals surface area contributed by atoms with E-state index in [4.69, 9.17) is 16.7 Å². The fourth-order valence-corrected chi connectivity index (χ4v) is 3.88. The van der Waals surface area contributed by atoms with E-state index in [-0.39, 0.29) is 12.4 Å². The molecule has 0 aliphatic carbocycles. The van der Waals surface area contributed by atoms with Crippen LogP contribution in [0.2, 0.25) is 0 Å². The molecule has 1 unspecified atom stereocenters. The Kier molecular flexibility index (Phi) is 23.3. The molecule has 0 aromatic rings. The summed E-state index contributed by atoms with van der Waals surface area (Å²) in [6.45, 7) is 4.74. The van der Waals surface area contributed by atoms with Crippen LogP contribution in [0.25, 0.3) is 0 Å². The molecule has 27 heavy (non-hydrogen) atoms. The number of halogens is 2. The van der Waals surface area contributed by atoms with Gasteiger partial charge in [-0.1, -0.05) is 90.4 Å². The Labute approximate surface area is 182 Å². The van der Waals surface area contributed by atoms with E-state index < -0.39 is 0 Å². The molecule has 0 heterocycles. The highest BCUT2D eigenvalue weighted by Gasteiger charge is 2.16. The standard InChI is InChI=1S/C23H49ClNO.ClH/c1-4-5-6-7-8-9-10-11-12-13-14-15-16-18-23(24)19-21-25(2,3)20-17-22-26;/h23,26H,4-22H2,1-3H3;1H/q+1;/p-1. The Bertz CT molecular complexity index is 288. The molecule has 0 amide bonds. The lowest BCUT2D eigenvalue weighted by molar-refractivity contribution is -0.890. The summed E-state index contributed by atoms with van der Waals surface area (Å²) in [5, 5.41) is 9.29. The van der Waals surface area contributed by atoms with Gasteiger partial charge in [-0.15, -0.1) is 11.6 Å². The summed E-state index contributed by atoms with van der Waals surface area (Å²) >= 11 is 6.50. The molecule has 0 saturated carbocycles. The largest absolute Gasteiger partial charge is 1.00 e. The third-order valence-electron chi connectivity index (χ3n) is 5.59. The molecule has 1 N–H and O–H groups in total. The molecule has 2 nitrogen and oxygen atoms in total. The van der Waals surface area contributed by atoms with Gasteiger partial charge in [0.1, 0.15) is 0 Å². The van der Waals surface area contributed by atoms with Gasteiger partial charge in [0.25, 0.3) is 0 Å². The van der Waals surface area contributed by atoms with Gasteiger partial charge in [-0.25, -0.2) is 0 Å². The summed E-state index contributed by atoms with van der Waals surface area (Å²) in [5.41, 5.74) is 0. The minimum Gasteiger partial charge on any atom is -1.00 e. The second-order valence-electron chi connectivity index (χ2n) is 8.88. The zero-order valence-corrected chi connectivity index (χ0v) is 20.2. The van der Waals surface area contributed by atoms with Crippen LogP contribution in [0.4, 0.5) is 0 Å². The van der Waals surface area contributed by atoms with Gasteiger partial charge < -0.3 is 22.0 Å². The van der Waals surface area contributed by atoms with Crippen LogP contribution in [0.15, 0.2) is 0 Å². The van der Waals surface area contributed by atoms with Gasteiger partial charge in [-0.05, 0) is 6.42 Å². The lowest BCUT2D eigenvalue weighted by Gasteiger charge is -2.30. The number of quaternary nitrogens is 1. The van der Waals surface area contributed by atoms with Crippen LogP contribution in [0, 0.1) is 0 Å². The summed E-state index contributed by atoms with van der Waals surface area (Å²) < 4.78 is 0.975. The lowest BCUT2D eigenvalue weighted by Crippen LogP contribution is -3.00. The van der Waals surface area contributed by atoms with Gasteiger partial charge in [0.2, 0.25) is 0 Å². The first-order valence-corrected chi connectivity index (χ1v) is 12.0. The third kappa shape index (κ3) is 22.7. The summed E-state index contributed by atoms with van der Waals surface area (Å²) in [4.78, 5) is 0. The van der Waals surface area contributed by atoms with Crippen LogP contribution in [0.1, 0.15) is 110 Å². The third-order valence-corrected chi connectivity index (χ3v) is 6.03. The number of nitrogens with zero attached hydrogens (tertiary/aromatic N) is 1. The molecule has 0 aliphatic rings. The fraction of sp³-hybridized carbons (Fsp3) is 1.00. The molecule has 0 saturated heterocycles. The summed E-state index contributed by atoms with van der Waals surface area (Å²) in [5.74, 6) is 0. The van der Waals surface area contributed by atoms with E-state index in [2.05, 4.69) is 21.0 Å². The number of unbranched alkanes of at least 4 members (excludes halogenated alkanes) is 12. The second kappa shape index (κ2) is 21.2. The van der Waals surface area contributed by atoms with Crippen molar-refractivity contribution in [2.24, 2.45) is 0 Å². The average Bonchev–Trinajstić information content (AvgIpc) is 2.62. The zero-order chi connectivity index (χ0) is 19.5. The Morgan fingerprint density at radius 2 is 1.11 bits per heavy atom. The number of hydrogen-bond donors (Lipinski definition) is 1. The van der Waals surface area contributed by atoms with Crippen LogP contribution in [-0.4, -0.2) is 48.8 Å². The zero-order valence-electron chi connectivity index (χ0n) is 18.7. The van der Waals surface area contributed by atoms with Crippen molar-refractivity contribution in [3.63, 3.8) is 0 Å². The lowest BCUT2D eigenvalue weighted by atomic mass is 10.0. The van der Waals surface area contributed by atoms with E-state index in [1.165, 1.54) is 89.9 Å². The smallest absolute Gasteiger partial charge is 0.0804 e. The van der Waals surface area contributed by atoms with Crippen LogP contribution >= 0.6 is 11.6 Å². The van der Waals surface area contributed by atoms with E-state index in [0.29, 0.717) is 12.0 Å². The minimum atomic E-state index is 0. The molecule has 0 rings (SSSR count). The topological polar surface area (TPSA) is 20.2 Å². The molecule has 0 aromatic heterocycles. The first-order valence-electron chi connectivity index (χ1n) is 11.6. The van der Waals surface area contributed by atoms with Crippen LogP contribution in [0.5, 0.6) is 0 Å². The quantitative estimate of drug-likeness (QED) is 0.178. The maximum Gasteiger partial charge on any atom is 0.0804 e. The van der Waals surface area contributed by atoms with Crippen molar-refractivity contribution < 1.29 is 22.0 Å². The molecule has 1 atom stereocenters. The van der Waals surface area contributed by atoms with Gasteiger partial charge in [-0.2, -0.15) is 0 Å². The molecule has 0 bridgehead atoms. The fourth-order valence-electron chi connectivity index (χ4n) is 3.63. The van der Waals surface area contributed by atoms with E-state index in [0.717, 1.165) is 30.4 Å². The Balaban J connectivity index is 0. The van der Waals surface area contributed by atoms with Crippen molar-refractivity contribution in [2.75, 3.05) is 33.8 Å². The van der Waals surface area contributed by atoms with Gasteiger partial charge in [0.15, 0.2) is 0 Å². The van der Waals surface area contributed by atoms with Crippen molar-refractivity contribution >= 4 is 11.6 Å². The van der Waals surface area contributed by atoms with Crippen molar-refractivity contribution in [1.29, 1.82) is 0 Å². The number of aliphatic hydroxyl groups is 1.